The topological polar surface area (TPSA) is 24.1 Å². The minimum atomic E-state index is -4.10. The van der Waals surface area contributed by atoms with Crippen LogP contribution in [0.5, 0.6) is 0 Å². The molecule has 1 aliphatic heterocycles. The maximum atomic E-state index is 12.6. The number of rotatable bonds is 3. The lowest BCUT2D eigenvalue weighted by molar-refractivity contribution is -0.165. The molecule has 15 heavy (non-hydrogen) atoms. The molecule has 5 heteroatoms. The van der Waals surface area contributed by atoms with E-state index in [-0.39, 0.29) is 12.8 Å². The van der Waals surface area contributed by atoms with Crippen molar-refractivity contribution >= 4 is 0 Å². The van der Waals surface area contributed by atoms with E-state index in [9.17, 15) is 13.2 Å². The Labute approximate surface area is 86.9 Å². The smallest absolute Gasteiger partial charge is 0.309 e. The SMILES string of the molecule is CC(CNC1(C(F)(F)F)CC1)=C1CNC1. The minimum Gasteiger partial charge on any atom is -0.309 e. The van der Waals surface area contributed by atoms with E-state index < -0.39 is 11.7 Å². The van der Waals surface area contributed by atoms with Crippen molar-refractivity contribution in [3.8, 4) is 0 Å². The zero-order valence-corrected chi connectivity index (χ0v) is 8.67. The minimum absolute atomic E-state index is 0.220. The molecule has 1 saturated carbocycles. The van der Waals surface area contributed by atoms with Crippen molar-refractivity contribution in [2.24, 2.45) is 0 Å². The molecule has 1 saturated heterocycles. The molecule has 1 heterocycles. The summed E-state index contributed by atoms with van der Waals surface area (Å²) in [7, 11) is 0. The van der Waals surface area contributed by atoms with Crippen molar-refractivity contribution in [3.63, 3.8) is 0 Å². The summed E-state index contributed by atoms with van der Waals surface area (Å²) >= 11 is 0. The van der Waals surface area contributed by atoms with Crippen molar-refractivity contribution in [3.05, 3.63) is 11.1 Å². The zero-order valence-electron chi connectivity index (χ0n) is 8.67. The van der Waals surface area contributed by atoms with Gasteiger partial charge in [0.1, 0.15) is 5.54 Å². The van der Waals surface area contributed by atoms with Crippen molar-refractivity contribution < 1.29 is 13.2 Å². The van der Waals surface area contributed by atoms with Crippen molar-refractivity contribution in [2.45, 2.75) is 31.5 Å². The highest BCUT2D eigenvalue weighted by Gasteiger charge is 2.62. The first-order valence-electron chi connectivity index (χ1n) is 5.15. The van der Waals surface area contributed by atoms with Crippen LogP contribution < -0.4 is 10.6 Å². The van der Waals surface area contributed by atoms with Gasteiger partial charge in [0, 0.05) is 19.6 Å². The lowest BCUT2D eigenvalue weighted by Crippen LogP contribution is -2.46. The third-order valence-corrected chi connectivity index (χ3v) is 3.26. The van der Waals surface area contributed by atoms with Gasteiger partial charge in [0.2, 0.25) is 0 Å². The molecule has 0 radical (unpaired) electrons. The first kappa shape index (κ1) is 11.0. The van der Waals surface area contributed by atoms with Crippen molar-refractivity contribution in [2.75, 3.05) is 19.6 Å². The second-order valence-corrected chi connectivity index (χ2v) is 4.42. The van der Waals surface area contributed by atoms with Crippen LogP contribution in [0.1, 0.15) is 19.8 Å². The molecule has 0 bridgehead atoms. The standard InChI is InChI=1S/C10H15F3N2/c1-7(8-5-14-6-8)4-15-9(2-3-9)10(11,12)13/h14-15H,2-6H2,1H3. The Balaban J connectivity index is 1.88. The molecule has 86 valence electrons. The number of alkyl halides is 3. The van der Waals surface area contributed by atoms with Gasteiger partial charge in [0.25, 0.3) is 0 Å². The lowest BCUT2D eigenvalue weighted by Gasteiger charge is -2.25. The van der Waals surface area contributed by atoms with Gasteiger partial charge in [-0.3, -0.25) is 5.32 Å². The van der Waals surface area contributed by atoms with Crippen LogP contribution in [0.4, 0.5) is 13.2 Å². The highest BCUT2D eigenvalue weighted by molar-refractivity contribution is 5.23. The van der Waals surface area contributed by atoms with E-state index in [1.807, 2.05) is 6.92 Å². The largest absolute Gasteiger partial charge is 0.406 e. The van der Waals surface area contributed by atoms with Crippen LogP contribution in [-0.2, 0) is 0 Å². The number of hydrogen-bond acceptors (Lipinski definition) is 2. The molecular formula is C10H15F3N2. The molecule has 2 nitrogen and oxygen atoms in total. The van der Waals surface area contributed by atoms with Crippen molar-refractivity contribution in [1.82, 2.24) is 10.6 Å². The van der Waals surface area contributed by atoms with E-state index in [1.54, 1.807) is 0 Å². The van der Waals surface area contributed by atoms with E-state index >= 15 is 0 Å². The average molecular weight is 220 g/mol. The lowest BCUT2D eigenvalue weighted by atomic mass is 10.0. The van der Waals surface area contributed by atoms with Gasteiger partial charge in [-0.15, -0.1) is 0 Å². The van der Waals surface area contributed by atoms with Crippen molar-refractivity contribution in [1.29, 1.82) is 0 Å². The third-order valence-electron chi connectivity index (χ3n) is 3.26. The van der Waals surface area contributed by atoms with E-state index in [4.69, 9.17) is 0 Å². The Morgan fingerprint density at radius 2 is 2.00 bits per heavy atom. The average Bonchev–Trinajstić information content (AvgIpc) is 2.75. The molecular weight excluding hydrogens is 205 g/mol. The molecule has 0 atom stereocenters. The predicted molar refractivity (Wildman–Crippen MR) is 51.6 cm³/mol. The summed E-state index contributed by atoms with van der Waals surface area (Å²) < 4.78 is 37.7. The molecule has 2 N–H and O–H groups in total. The molecule has 2 rings (SSSR count). The van der Waals surface area contributed by atoms with Gasteiger partial charge in [0.15, 0.2) is 0 Å². The highest BCUT2D eigenvalue weighted by atomic mass is 19.4. The van der Waals surface area contributed by atoms with Gasteiger partial charge in [-0.2, -0.15) is 13.2 Å². The summed E-state index contributed by atoms with van der Waals surface area (Å²) in [6, 6.07) is 0. The molecule has 2 aliphatic rings. The highest BCUT2D eigenvalue weighted by Crippen LogP contribution is 2.48. The summed E-state index contributed by atoms with van der Waals surface area (Å²) in [5.41, 5.74) is 0.705. The predicted octanol–water partition coefficient (Wildman–Crippen LogP) is 1.59. The molecule has 0 aromatic rings. The quantitative estimate of drug-likeness (QED) is 0.706. The summed E-state index contributed by atoms with van der Waals surface area (Å²) in [6.45, 7) is 3.91. The van der Waals surface area contributed by atoms with Crippen LogP contribution in [0.25, 0.3) is 0 Å². The number of hydrogen-bond donors (Lipinski definition) is 2. The zero-order chi connectivity index (χ0) is 11.1. The molecule has 0 spiro atoms. The summed E-state index contributed by atoms with van der Waals surface area (Å²) in [4.78, 5) is 0. The van der Waals surface area contributed by atoms with Crippen LogP contribution in [0.3, 0.4) is 0 Å². The Morgan fingerprint density at radius 1 is 1.40 bits per heavy atom. The maximum absolute atomic E-state index is 12.6. The Hall–Kier alpha value is -0.550. The second-order valence-electron chi connectivity index (χ2n) is 4.42. The normalized spacial score (nSPS) is 23.6. The summed E-state index contributed by atoms with van der Waals surface area (Å²) in [5, 5.41) is 5.73. The van der Waals surface area contributed by atoms with Crippen LogP contribution in [0.15, 0.2) is 11.1 Å². The number of halogens is 3. The first-order valence-corrected chi connectivity index (χ1v) is 5.15. The maximum Gasteiger partial charge on any atom is 0.406 e. The molecule has 2 fully saturated rings. The number of nitrogens with one attached hydrogen (secondary N) is 2. The molecule has 1 aliphatic carbocycles. The van der Waals surface area contributed by atoms with Crippen LogP contribution >= 0.6 is 0 Å². The molecule has 0 aromatic carbocycles. The van der Waals surface area contributed by atoms with E-state index in [1.165, 1.54) is 5.57 Å². The van der Waals surface area contributed by atoms with E-state index in [0.717, 1.165) is 18.7 Å². The second kappa shape index (κ2) is 3.49. The van der Waals surface area contributed by atoms with E-state index in [2.05, 4.69) is 10.6 Å². The van der Waals surface area contributed by atoms with Gasteiger partial charge in [-0.25, -0.2) is 0 Å². The van der Waals surface area contributed by atoms with E-state index in [0.29, 0.717) is 6.54 Å². The fourth-order valence-electron chi connectivity index (χ4n) is 1.66. The van der Waals surface area contributed by atoms with Crippen LogP contribution in [0.2, 0.25) is 0 Å². The third kappa shape index (κ3) is 2.03. The molecule has 0 amide bonds. The molecule has 0 unspecified atom stereocenters. The van der Waals surface area contributed by atoms with Gasteiger partial charge in [0.05, 0.1) is 0 Å². The summed E-state index contributed by atoms with van der Waals surface area (Å²) in [6.07, 6.45) is -3.66. The van der Waals surface area contributed by atoms with Gasteiger partial charge >= 0.3 is 6.18 Å². The van der Waals surface area contributed by atoms with Crippen LogP contribution in [0, 0.1) is 0 Å². The van der Waals surface area contributed by atoms with Gasteiger partial charge in [-0.05, 0) is 25.3 Å². The Bertz CT molecular complexity index is 284. The van der Waals surface area contributed by atoms with Gasteiger partial charge < -0.3 is 5.32 Å². The molecule has 0 aromatic heterocycles. The van der Waals surface area contributed by atoms with Gasteiger partial charge in [-0.1, -0.05) is 5.57 Å². The summed E-state index contributed by atoms with van der Waals surface area (Å²) in [5.74, 6) is 0. The van der Waals surface area contributed by atoms with Crippen LogP contribution in [-0.4, -0.2) is 31.3 Å². The fraction of sp³-hybridized carbons (Fsp3) is 0.800. The Morgan fingerprint density at radius 3 is 2.33 bits per heavy atom. The fourth-order valence-corrected chi connectivity index (χ4v) is 1.66. The Kier molecular flexibility index (Phi) is 2.55. The first-order chi connectivity index (χ1) is 6.95. The monoisotopic (exact) mass is 220 g/mol.